The van der Waals surface area contributed by atoms with Gasteiger partial charge in [0.05, 0.1) is 0 Å². The van der Waals surface area contributed by atoms with Crippen LogP contribution in [0.3, 0.4) is 0 Å². The van der Waals surface area contributed by atoms with E-state index in [-0.39, 0.29) is 0 Å². The number of hydrogen-bond donors (Lipinski definition) is 0. The lowest BCUT2D eigenvalue weighted by molar-refractivity contribution is 0.255. The van der Waals surface area contributed by atoms with Crippen molar-refractivity contribution in [2.45, 2.75) is 79.1 Å². The van der Waals surface area contributed by atoms with Crippen molar-refractivity contribution in [2.75, 3.05) is 0 Å². The zero-order valence-corrected chi connectivity index (χ0v) is 11.3. The molecule has 0 heteroatoms. The maximum atomic E-state index is 2.45. The molecule has 1 atom stereocenters. The van der Waals surface area contributed by atoms with Crippen molar-refractivity contribution >= 4 is 0 Å². The fourth-order valence-corrected chi connectivity index (χ4v) is 1.92. The van der Waals surface area contributed by atoms with Crippen LogP contribution in [0, 0.1) is 5.41 Å². The van der Waals surface area contributed by atoms with E-state index in [1.807, 2.05) is 0 Å². The molecule has 0 amide bonds. The van der Waals surface area contributed by atoms with Gasteiger partial charge in [-0.2, -0.15) is 0 Å². The molecule has 0 aromatic carbocycles. The molecule has 15 heavy (non-hydrogen) atoms. The van der Waals surface area contributed by atoms with Gasteiger partial charge >= 0.3 is 0 Å². The molecule has 0 fully saturated rings. The SMILES string of the molecule is CCCC=CCCC(C)(CC)CCCC. The Morgan fingerprint density at radius 2 is 1.53 bits per heavy atom. The summed E-state index contributed by atoms with van der Waals surface area (Å²) in [4.78, 5) is 0. The van der Waals surface area contributed by atoms with E-state index in [1.165, 1.54) is 51.4 Å². The summed E-state index contributed by atoms with van der Waals surface area (Å²) in [5.74, 6) is 0. The quantitative estimate of drug-likeness (QED) is 0.426. The van der Waals surface area contributed by atoms with Gasteiger partial charge in [0.15, 0.2) is 0 Å². The lowest BCUT2D eigenvalue weighted by Crippen LogP contribution is -2.14. The Morgan fingerprint density at radius 1 is 0.867 bits per heavy atom. The molecule has 0 N–H and O–H groups in total. The molecule has 0 nitrogen and oxygen atoms in total. The van der Waals surface area contributed by atoms with Crippen molar-refractivity contribution in [2.24, 2.45) is 5.41 Å². The Labute approximate surface area is 97.2 Å². The molecule has 0 spiro atoms. The van der Waals surface area contributed by atoms with Crippen LogP contribution in [0.2, 0.25) is 0 Å². The monoisotopic (exact) mass is 210 g/mol. The summed E-state index contributed by atoms with van der Waals surface area (Å²) in [6.45, 7) is 9.32. The van der Waals surface area contributed by atoms with Crippen molar-refractivity contribution in [1.29, 1.82) is 0 Å². The zero-order valence-electron chi connectivity index (χ0n) is 11.3. The van der Waals surface area contributed by atoms with Crippen LogP contribution in [0.4, 0.5) is 0 Å². The Kier molecular flexibility index (Phi) is 8.85. The Bertz CT molecular complexity index is 157. The molecule has 0 rings (SSSR count). The van der Waals surface area contributed by atoms with Crippen LogP contribution in [0.15, 0.2) is 12.2 Å². The molecule has 0 aromatic rings. The normalized spacial score (nSPS) is 15.7. The van der Waals surface area contributed by atoms with E-state index in [9.17, 15) is 0 Å². The molecule has 0 heterocycles. The van der Waals surface area contributed by atoms with Gasteiger partial charge in [0.2, 0.25) is 0 Å². The molecule has 0 saturated heterocycles. The smallest absolute Gasteiger partial charge is 0.0326 e. The third-order valence-corrected chi connectivity index (χ3v) is 3.52. The summed E-state index contributed by atoms with van der Waals surface area (Å²) in [6, 6.07) is 0. The fourth-order valence-electron chi connectivity index (χ4n) is 1.92. The van der Waals surface area contributed by atoms with Crippen molar-refractivity contribution in [3.05, 3.63) is 12.2 Å². The zero-order chi connectivity index (χ0) is 11.6. The summed E-state index contributed by atoms with van der Waals surface area (Å²) in [6.07, 6.45) is 15.3. The van der Waals surface area contributed by atoms with E-state index in [0.29, 0.717) is 5.41 Å². The molecule has 0 bridgehead atoms. The summed E-state index contributed by atoms with van der Waals surface area (Å²) in [5, 5.41) is 0. The van der Waals surface area contributed by atoms with Gasteiger partial charge in [0.1, 0.15) is 0 Å². The van der Waals surface area contributed by atoms with Crippen LogP contribution < -0.4 is 0 Å². The molecule has 0 radical (unpaired) electrons. The van der Waals surface area contributed by atoms with Crippen LogP contribution >= 0.6 is 0 Å². The first-order chi connectivity index (χ1) is 7.18. The third kappa shape index (κ3) is 7.64. The topological polar surface area (TPSA) is 0 Å². The average Bonchev–Trinajstić information content (AvgIpc) is 2.26. The molecule has 1 unspecified atom stereocenters. The lowest BCUT2D eigenvalue weighted by Gasteiger charge is -2.27. The van der Waals surface area contributed by atoms with Crippen molar-refractivity contribution in [3.63, 3.8) is 0 Å². The van der Waals surface area contributed by atoms with Gasteiger partial charge in [0.25, 0.3) is 0 Å². The van der Waals surface area contributed by atoms with Crippen LogP contribution in [0.1, 0.15) is 79.1 Å². The number of hydrogen-bond acceptors (Lipinski definition) is 0. The second kappa shape index (κ2) is 9.00. The van der Waals surface area contributed by atoms with Gasteiger partial charge in [-0.25, -0.2) is 0 Å². The van der Waals surface area contributed by atoms with E-state index in [1.54, 1.807) is 0 Å². The van der Waals surface area contributed by atoms with Crippen LogP contribution in [0.25, 0.3) is 0 Å². The molecule has 0 aliphatic carbocycles. The fraction of sp³-hybridized carbons (Fsp3) is 0.867. The van der Waals surface area contributed by atoms with Gasteiger partial charge in [-0.1, -0.05) is 65.5 Å². The van der Waals surface area contributed by atoms with E-state index in [0.717, 1.165) is 0 Å². The molecule has 0 saturated carbocycles. The summed E-state index contributed by atoms with van der Waals surface area (Å²) >= 11 is 0. The van der Waals surface area contributed by atoms with Gasteiger partial charge in [-0.3, -0.25) is 0 Å². The third-order valence-electron chi connectivity index (χ3n) is 3.52. The summed E-state index contributed by atoms with van der Waals surface area (Å²) in [5.41, 5.74) is 0.590. The molecule has 90 valence electrons. The highest BCUT2D eigenvalue weighted by Crippen LogP contribution is 2.33. The maximum absolute atomic E-state index is 2.45. The molecular formula is C15H30. The molecule has 0 aromatic heterocycles. The van der Waals surface area contributed by atoms with Gasteiger partial charge < -0.3 is 0 Å². The predicted molar refractivity (Wildman–Crippen MR) is 71.2 cm³/mol. The maximum Gasteiger partial charge on any atom is -0.0326 e. The highest BCUT2D eigenvalue weighted by molar-refractivity contribution is 4.84. The van der Waals surface area contributed by atoms with Crippen LogP contribution in [0.5, 0.6) is 0 Å². The Balaban J connectivity index is 3.76. The number of unbranched alkanes of at least 4 members (excludes halogenated alkanes) is 2. The summed E-state index contributed by atoms with van der Waals surface area (Å²) in [7, 11) is 0. The first-order valence-corrected chi connectivity index (χ1v) is 6.83. The van der Waals surface area contributed by atoms with E-state index >= 15 is 0 Å². The van der Waals surface area contributed by atoms with Crippen molar-refractivity contribution in [1.82, 2.24) is 0 Å². The Hall–Kier alpha value is -0.260. The van der Waals surface area contributed by atoms with Crippen LogP contribution in [-0.2, 0) is 0 Å². The minimum atomic E-state index is 0.590. The van der Waals surface area contributed by atoms with Crippen molar-refractivity contribution < 1.29 is 0 Å². The highest BCUT2D eigenvalue weighted by Gasteiger charge is 2.19. The first kappa shape index (κ1) is 14.7. The van der Waals surface area contributed by atoms with E-state index in [2.05, 4.69) is 39.8 Å². The molecule has 0 aliphatic heterocycles. The number of rotatable bonds is 9. The van der Waals surface area contributed by atoms with Gasteiger partial charge in [0, 0.05) is 0 Å². The largest absolute Gasteiger partial charge is 0.0885 e. The Morgan fingerprint density at radius 3 is 2.07 bits per heavy atom. The second-order valence-corrected chi connectivity index (χ2v) is 5.07. The predicted octanol–water partition coefficient (Wildman–Crippen LogP) is 5.73. The number of allylic oxidation sites excluding steroid dienone is 2. The minimum Gasteiger partial charge on any atom is -0.0885 e. The standard InChI is InChI=1S/C15H30/c1-5-8-10-11-12-14-15(4,7-3)13-9-6-2/h10-11H,5-9,12-14H2,1-4H3. The van der Waals surface area contributed by atoms with Crippen molar-refractivity contribution in [3.8, 4) is 0 Å². The molecular weight excluding hydrogens is 180 g/mol. The lowest BCUT2D eigenvalue weighted by atomic mass is 9.78. The van der Waals surface area contributed by atoms with Gasteiger partial charge in [-0.15, -0.1) is 0 Å². The first-order valence-electron chi connectivity index (χ1n) is 6.83. The summed E-state index contributed by atoms with van der Waals surface area (Å²) < 4.78 is 0. The van der Waals surface area contributed by atoms with Gasteiger partial charge in [-0.05, 0) is 31.1 Å². The van der Waals surface area contributed by atoms with Crippen LogP contribution in [-0.4, -0.2) is 0 Å². The van der Waals surface area contributed by atoms with E-state index < -0.39 is 0 Å². The van der Waals surface area contributed by atoms with E-state index in [4.69, 9.17) is 0 Å². The highest BCUT2D eigenvalue weighted by atomic mass is 14.2. The average molecular weight is 210 g/mol. The second-order valence-electron chi connectivity index (χ2n) is 5.07. The minimum absolute atomic E-state index is 0.590. The molecule has 0 aliphatic rings.